The Kier molecular flexibility index (Phi) is 6.93. The van der Waals surface area contributed by atoms with Crippen LogP contribution in [-0.4, -0.2) is 50.8 Å². The van der Waals surface area contributed by atoms with Crippen LogP contribution in [0.4, 0.5) is 0 Å². The zero-order valence-electron chi connectivity index (χ0n) is 15.3. The molecule has 134 valence electrons. The molecular weight excluding hydrogens is 322 g/mol. The maximum Gasteiger partial charge on any atom is 0.193 e. The summed E-state index contributed by atoms with van der Waals surface area (Å²) in [5.74, 6) is 1.61. The summed E-state index contributed by atoms with van der Waals surface area (Å²) < 4.78 is 5.30. The summed E-state index contributed by atoms with van der Waals surface area (Å²) in [5.41, 5.74) is 1.22. The molecule has 1 aliphatic rings. The molecule has 2 rings (SSSR count). The second kappa shape index (κ2) is 8.72. The Balaban J connectivity index is 2.06. The van der Waals surface area contributed by atoms with Gasteiger partial charge in [0, 0.05) is 43.1 Å². The van der Waals surface area contributed by atoms with Crippen molar-refractivity contribution >= 4 is 17.6 Å². The number of nitrogens with one attached hydrogen (secondary N) is 1. The van der Waals surface area contributed by atoms with Crippen molar-refractivity contribution in [1.82, 2.24) is 10.2 Å². The highest BCUT2D eigenvalue weighted by Gasteiger charge is 2.26. The minimum absolute atomic E-state index is 0.0308. The highest BCUT2D eigenvalue weighted by molar-refractivity contribution is 6.30. The van der Waals surface area contributed by atoms with Crippen LogP contribution in [0, 0.1) is 5.92 Å². The molecule has 1 heterocycles. The maximum absolute atomic E-state index is 6.00. The Bertz CT molecular complexity index is 542. The largest absolute Gasteiger partial charge is 0.384 e. The Labute approximate surface area is 151 Å². The molecule has 1 aromatic carbocycles. The van der Waals surface area contributed by atoms with E-state index in [0.717, 1.165) is 43.8 Å². The van der Waals surface area contributed by atoms with Crippen molar-refractivity contribution in [2.24, 2.45) is 10.9 Å². The first-order chi connectivity index (χ1) is 11.5. The van der Waals surface area contributed by atoms with Crippen molar-refractivity contribution in [3.63, 3.8) is 0 Å². The number of guanidine groups is 1. The molecular formula is C19H30ClN3O. The minimum Gasteiger partial charge on any atom is -0.384 e. The fraction of sp³-hybridized carbons (Fsp3) is 0.632. The van der Waals surface area contributed by atoms with Crippen molar-refractivity contribution in [3.8, 4) is 0 Å². The Morgan fingerprint density at radius 3 is 2.71 bits per heavy atom. The number of ether oxygens (including phenoxy) is 1. The molecule has 1 unspecified atom stereocenters. The zero-order chi connectivity index (χ0) is 17.6. The van der Waals surface area contributed by atoms with Crippen LogP contribution < -0.4 is 5.32 Å². The molecule has 1 aromatic rings. The fourth-order valence-electron chi connectivity index (χ4n) is 3.09. The lowest BCUT2D eigenvalue weighted by Crippen LogP contribution is -2.41. The molecule has 0 radical (unpaired) electrons. The van der Waals surface area contributed by atoms with E-state index in [0.29, 0.717) is 5.92 Å². The summed E-state index contributed by atoms with van der Waals surface area (Å²) >= 11 is 6.00. The number of likely N-dealkylation sites (tertiary alicyclic amines) is 1. The average molecular weight is 352 g/mol. The lowest BCUT2D eigenvalue weighted by Gasteiger charge is -2.26. The molecule has 5 heteroatoms. The van der Waals surface area contributed by atoms with E-state index in [9.17, 15) is 0 Å². The standard InChI is InChI=1S/C19H30ClN3O/c1-5-21-18(23-11-10-15(12-23)13-24-4)22-14-19(2,3)16-6-8-17(20)9-7-16/h6-9,15H,5,10-14H2,1-4H3,(H,21,22). The van der Waals surface area contributed by atoms with E-state index in [-0.39, 0.29) is 5.41 Å². The Morgan fingerprint density at radius 2 is 2.08 bits per heavy atom. The fourth-order valence-corrected chi connectivity index (χ4v) is 3.21. The quantitative estimate of drug-likeness (QED) is 0.629. The van der Waals surface area contributed by atoms with Gasteiger partial charge in [0.2, 0.25) is 0 Å². The van der Waals surface area contributed by atoms with E-state index < -0.39 is 0 Å². The lowest BCUT2D eigenvalue weighted by atomic mass is 9.85. The molecule has 1 atom stereocenters. The van der Waals surface area contributed by atoms with Gasteiger partial charge in [-0.3, -0.25) is 4.99 Å². The van der Waals surface area contributed by atoms with Crippen LogP contribution in [0.25, 0.3) is 0 Å². The molecule has 1 N–H and O–H groups in total. The molecule has 0 aromatic heterocycles. The monoisotopic (exact) mass is 351 g/mol. The lowest BCUT2D eigenvalue weighted by molar-refractivity contribution is 0.157. The number of benzene rings is 1. The number of hydrogen-bond acceptors (Lipinski definition) is 2. The second-order valence-electron chi connectivity index (χ2n) is 7.12. The van der Waals surface area contributed by atoms with Crippen LogP contribution in [0.5, 0.6) is 0 Å². The Hall–Kier alpha value is -1.26. The van der Waals surface area contributed by atoms with Crippen LogP contribution in [0.15, 0.2) is 29.3 Å². The maximum atomic E-state index is 6.00. The van der Waals surface area contributed by atoms with E-state index >= 15 is 0 Å². The summed E-state index contributed by atoms with van der Waals surface area (Å²) in [7, 11) is 1.77. The summed E-state index contributed by atoms with van der Waals surface area (Å²) in [4.78, 5) is 7.27. The van der Waals surface area contributed by atoms with E-state index in [1.165, 1.54) is 12.0 Å². The number of rotatable bonds is 6. The highest BCUT2D eigenvalue weighted by atomic mass is 35.5. The molecule has 4 nitrogen and oxygen atoms in total. The van der Waals surface area contributed by atoms with Gasteiger partial charge < -0.3 is 15.0 Å². The van der Waals surface area contributed by atoms with Gasteiger partial charge in [0.25, 0.3) is 0 Å². The molecule has 1 aliphatic heterocycles. The number of aliphatic imine (C=N–C) groups is 1. The van der Waals surface area contributed by atoms with E-state index in [2.05, 4.69) is 43.1 Å². The van der Waals surface area contributed by atoms with Gasteiger partial charge in [-0.25, -0.2) is 0 Å². The van der Waals surface area contributed by atoms with E-state index in [4.69, 9.17) is 21.3 Å². The van der Waals surface area contributed by atoms with Gasteiger partial charge in [-0.1, -0.05) is 37.6 Å². The normalized spacial score (nSPS) is 19.0. The third-order valence-corrected chi connectivity index (χ3v) is 4.82. The van der Waals surface area contributed by atoms with Crippen LogP contribution in [0.2, 0.25) is 5.02 Å². The van der Waals surface area contributed by atoms with Crippen LogP contribution in [0.1, 0.15) is 32.8 Å². The summed E-state index contributed by atoms with van der Waals surface area (Å²) in [5, 5.41) is 4.21. The third kappa shape index (κ3) is 5.12. The molecule has 24 heavy (non-hydrogen) atoms. The van der Waals surface area contributed by atoms with Crippen LogP contribution in [-0.2, 0) is 10.2 Å². The van der Waals surface area contributed by atoms with Gasteiger partial charge in [0.1, 0.15) is 0 Å². The van der Waals surface area contributed by atoms with Gasteiger partial charge in [0.05, 0.1) is 13.2 Å². The first kappa shape index (κ1) is 19.1. The topological polar surface area (TPSA) is 36.9 Å². The summed E-state index contributed by atoms with van der Waals surface area (Å²) in [6.07, 6.45) is 1.17. The summed E-state index contributed by atoms with van der Waals surface area (Å²) in [6.45, 7) is 11.1. The SMILES string of the molecule is CCNC(=NCC(C)(C)c1ccc(Cl)cc1)N1CCC(COC)C1. The van der Waals surface area contributed by atoms with Crippen LogP contribution >= 0.6 is 11.6 Å². The van der Waals surface area contributed by atoms with Gasteiger partial charge in [-0.2, -0.15) is 0 Å². The molecule has 1 fully saturated rings. The van der Waals surface area contributed by atoms with Gasteiger partial charge in [-0.05, 0) is 31.0 Å². The highest BCUT2D eigenvalue weighted by Crippen LogP contribution is 2.25. The minimum atomic E-state index is -0.0308. The van der Waals surface area contributed by atoms with E-state index in [1.807, 2.05) is 12.1 Å². The second-order valence-corrected chi connectivity index (χ2v) is 7.55. The van der Waals surface area contributed by atoms with Crippen molar-refractivity contribution in [3.05, 3.63) is 34.9 Å². The van der Waals surface area contributed by atoms with Gasteiger partial charge in [-0.15, -0.1) is 0 Å². The number of methoxy groups -OCH3 is 1. The molecule has 0 bridgehead atoms. The van der Waals surface area contributed by atoms with Crippen molar-refractivity contribution in [2.45, 2.75) is 32.6 Å². The molecule has 0 aliphatic carbocycles. The van der Waals surface area contributed by atoms with Crippen LogP contribution in [0.3, 0.4) is 0 Å². The van der Waals surface area contributed by atoms with Gasteiger partial charge in [0.15, 0.2) is 5.96 Å². The third-order valence-electron chi connectivity index (χ3n) is 4.57. The first-order valence-corrected chi connectivity index (χ1v) is 9.12. The predicted molar refractivity (Wildman–Crippen MR) is 102 cm³/mol. The van der Waals surface area contributed by atoms with Crippen molar-refractivity contribution < 1.29 is 4.74 Å². The van der Waals surface area contributed by atoms with Crippen molar-refractivity contribution in [1.29, 1.82) is 0 Å². The average Bonchev–Trinajstić information content (AvgIpc) is 3.01. The Morgan fingerprint density at radius 1 is 1.38 bits per heavy atom. The number of nitrogens with zero attached hydrogens (tertiary/aromatic N) is 2. The van der Waals surface area contributed by atoms with Gasteiger partial charge >= 0.3 is 0 Å². The molecule has 0 saturated carbocycles. The molecule has 1 saturated heterocycles. The molecule has 0 spiro atoms. The predicted octanol–water partition coefficient (Wildman–Crippen LogP) is 3.55. The number of halogens is 1. The van der Waals surface area contributed by atoms with E-state index in [1.54, 1.807) is 7.11 Å². The summed E-state index contributed by atoms with van der Waals surface area (Å²) in [6, 6.07) is 8.08. The first-order valence-electron chi connectivity index (χ1n) is 8.74. The molecule has 0 amide bonds. The van der Waals surface area contributed by atoms with Crippen molar-refractivity contribution in [2.75, 3.05) is 39.9 Å². The zero-order valence-corrected chi connectivity index (χ0v) is 16.1. The smallest absolute Gasteiger partial charge is 0.193 e. The number of hydrogen-bond donors (Lipinski definition) is 1.